The molecule has 0 spiro atoms. The number of nitrogens with two attached hydrogens (primary N) is 1. The molecular formula is C17H16ClF2NO2. The van der Waals surface area contributed by atoms with Gasteiger partial charge < -0.3 is 10.8 Å². The number of rotatable bonds is 4. The van der Waals surface area contributed by atoms with Crippen LogP contribution in [0.25, 0.3) is 11.1 Å². The molecule has 1 atom stereocenters. The normalized spacial score (nSPS) is 12.3. The van der Waals surface area contributed by atoms with Gasteiger partial charge >= 0.3 is 5.97 Å². The largest absolute Gasteiger partial charge is 0.481 e. The van der Waals surface area contributed by atoms with E-state index in [1.54, 1.807) is 12.1 Å². The molecule has 6 heteroatoms. The Labute approximate surface area is 137 Å². The molecule has 0 saturated heterocycles. The van der Waals surface area contributed by atoms with E-state index in [2.05, 4.69) is 0 Å². The molecule has 3 nitrogen and oxygen atoms in total. The second-order valence-corrected chi connectivity index (χ2v) is 5.92. The third kappa shape index (κ3) is 3.68. The molecule has 0 aromatic heterocycles. The molecule has 122 valence electrons. The maximum Gasteiger partial charge on any atom is 0.305 e. The van der Waals surface area contributed by atoms with Crippen LogP contribution in [0.3, 0.4) is 0 Å². The highest BCUT2D eigenvalue weighted by atomic mass is 35.5. The van der Waals surface area contributed by atoms with Crippen molar-refractivity contribution in [3.05, 3.63) is 57.6 Å². The number of hydrogen-bond acceptors (Lipinski definition) is 2. The van der Waals surface area contributed by atoms with Gasteiger partial charge in [-0.15, -0.1) is 0 Å². The summed E-state index contributed by atoms with van der Waals surface area (Å²) in [5, 5.41) is 9.35. The molecule has 0 radical (unpaired) electrons. The van der Waals surface area contributed by atoms with Crippen LogP contribution < -0.4 is 5.73 Å². The van der Waals surface area contributed by atoms with E-state index in [1.165, 1.54) is 6.07 Å². The van der Waals surface area contributed by atoms with E-state index in [0.717, 1.165) is 22.8 Å². The lowest BCUT2D eigenvalue weighted by molar-refractivity contribution is -0.137. The minimum atomic E-state index is -1.18. The highest BCUT2D eigenvalue weighted by molar-refractivity contribution is 6.30. The van der Waals surface area contributed by atoms with Crippen molar-refractivity contribution in [3.63, 3.8) is 0 Å². The number of halogens is 3. The molecule has 0 saturated carbocycles. The van der Waals surface area contributed by atoms with Crippen LogP contribution in [0.4, 0.5) is 8.78 Å². The molecule has 2 rings (SSSR count). The van der Waals surface area contributed by atoms with E-state index in [1.807, 2.05) is 13.8 Å². The highest BCUT2D eigenvalue weighted by Gasteiger charge is 2.20. The van der Waals surface area contributed by atoms with Crippen molar-refractivity contribution in [3.8, 4) is 11.1 Å². The van der Waals surface area contributed by atoms with Crippen LogP contribution in [-0.2, 0) is 4.79 Å². The number of carboxylic acid groups (broad SMARTS) is 1. The number of benzene rings is 2. The standard InChI is InChI=1S/C17H16ClF2NO2/c1-8-3-11(18)4-9(2)16(8)10-5-12(14(21)7-15(22)23)17(20)13(19)6-10/h3-6,14H,7,21H2,1-2H3,(H,22,23)/t14-/m0/s1. The van der Waals surface area contributed by atoms with E-state index in [4.69, 9.17) is 22.4 Å². The fourth-order valence-corrected chi connectivity index (χ4v) is 3.02. The van der Waals surface area contributed by atoms with Gasteiger partial charge in [-0.25, -0.2) is 8.78 Å². The van der Waals surface area contributed by atoms with Crippen LogP contribution in [0, 0.1) is 25.5 Å². The Morgan fingerprint density at radius 1 is 1.22 bits per heavy atom. The summed E-state index contributed by atoms with van der Waals surface area (Å²) in [5.41, 5.74) is 8.31. The summed E-state index contributed by atoms with van der Waals surface area (Å²) in [6.45, 7) is 3.62. The molecule has 2 aromatic carbocycles. The second-order valence-electron chi connectivity index (χ2n) is 5.48. The van der Waals surface area contributed by atoms with Crippen molar-refractivity contribution < 1.29 is 18.7 Å². The van der Waals surface area contributed by atoms with Crippen LogP contribution in [0.1, 0.15) is 29.2 Å². The molecule has 0 aliphatic rings. The first kappa shape index (κ1) is 17.4. The molecule has 0 bridgehead atoms. The lowest BCUT2D eigenvalue weighted by Gasteiger charge is -2.16. The van der Waals surface area contributed by atoms with Gasteiger partial charge in [0.15, 0.2) is 11.6 Å². The maximum atomic E-state index is 14.0. The summed E-state index contributed by atoms with van der Waals surface area (Å²) < 4.78 is 28.0. The molecule has 2 aromatic rings. The Bertz CT molecular complexity index is 754. The van der Waals surface area contributed by atoms with Gasteiger partial charge in [0.1, 0.15) is 0 Å². The highest BCUT2D eigenvalue weighted by Crippen LogP contribution is 2.33. The van der Waals surface area contributed by atoms with Crippen molar-refractivity contribution in [1.29, 1.82) is 0 Å². The molecule has 23 heavy (non-hydrogen) atoms. The van der Waals surface area contributed by atoms with Gasteiger partial charge in [-0.1, -0.05) is 11.6 Å². The maximum absolute atomic E-state index is 14.0. The summed E-state index contributed by atoms with van der Waals surface area (Å²) in [4.78, 5) is 10.8. The van der Waals surface area contributed by atoms with Crippen LogP contribution in [0.15, 0.2) is 24.3 Å². The predicted molar refractivity (Wildman–Crippen MR) is 85.5 cm³/mol. The summed E-state index contributed by atoms with van der Waals surface area (Å²) in [6.07, 6.45) is -0.488. The monoisotopic (exact) mass is 339 g/mol. The van der Waals surface area contributed by atoms with Crippen LogP contribution in [0.2, 0.25) is 5.02 Å². The number of carbonyl (C=O) groups is 1. The minimum Gasteiger partial charge on any atom is -0.481 e. The van der Waals surface area contributed by atoms with Crippen LogP contribution >= 0.6 is 11.6 Å². The van der Waals surface area contributed by atoms with Crippen LogP contribution in [-0.4, -0.2) is 11.1 Å². The Morgan fingerprint density at radius 2 is 1.78 bits per heavy atom. The van der Waals surface area contributed by atoms with E-state index >= 15 is 0 Å². The fourth-order valence-electron chi connectivity index (χ4n) is 2.69. The van der Waals surface area contributed by atoms with Crippen molar-refractivity contribution in [1.82, 2.24) is 0 Å². The molecule has 0 amide bonds. The van der Waals surface area contributed by atoms with E-state index in [-0.39, 0.29) is 5.56 Å². The first-order valence-corrected chi connectivity index (χ1v) is 7.32. The van der Waals surface area contributed by atoms with E-state index in [9.17, 15) is 13.6 Å². The molecule has 0 heterocycles. The molecule has 3 N–H and O–H groups in total. The third-order valence-electron chi connectivity index (χ3n) is 3.64. The summed E-state index contributed by atoms with van der Waals surface area (Å²) in [6, 6.07) is 4.80. The van der Waals surface area contributed by atoms with Gasteiger partial charge in [0.25, 0.3) is 0 Å². The lowest BCUT2D eigenvalue weighted by Crippen LogP contribution is -2.17. The Hall–Kier alpha value is -1.98. The summed E-state index contributed by atoms with van der Waals surface area (Å²) in [5.74, 6) is -3.36. The molecule has 0 fully saturated rings. The number of aliphatic carboxylic acids is 1. The topological polar surface area (TPSA) is 63.3 Å². The van der Waals surface area contributed by atoms with Crippen molar-refractivity contribution >= 4 is 17.6 Å². The summed E-state index contributed by atoms with van der Waals surface area (Å²) in [7, 11) is 0. The van der Waals surface area contributed by atoms with E-state index in [0.29, 0.717) is 10.6 Å². The smallest absolute Gasteiger partial charge is 0.305 e. The SMILES string of the molecule is Cc1cc(Cl)cc(C)c1-c1cc(F)c(F)c([C@@H](N)CC(=O)O)c1. The van der Waals surface area contributed by atoms with Gasteiger partial charge in [-0.3, -0.25) is 4.79 Å². The zero-order valence-corrected chi connectivity index (χ0v) is 13.4. The van der Waals surface area contributed by atoms with Gasteiger partial charge in [0.2, 0.25) is 0 Å². The quantitative estimate of drug-likeness (QED) is 0.869. The average molecular weight is 340 g/mol. The number of carboxylic acids is 1. The van der Waals surface area contributed by atoms with Gasteiger partial charge in [0.05, 0.1) is 6.42 Å². The first-order valence-electron chi connectivity index (χ1n) is 6.94. The van der Waals surface area contributed by atoms with E-state index < -0.39 is 30.1 Å². The molecule has 0 aliphatic heterocycles. The third-order valence-corrected chi connectivity index (χ3v) is 3.85. The van der Waals surface area contributed by atoms with Crippen molar-refractivity contribution in [2.75, 3.05) is 0 Å². The van der Waals surface area contributed by atoms with Gasteiger partial charge in [-0.05, 0) is 60.4 Å². The molecule has 0 aliphatic carbocycles. The molecular weight excluding hydrogens is 324 g/mol. The first-order chi connectivity index (χ1) is 10.7. The molecule has 0 unspecified atom stereocenters. The summed E-state index contributed by atoms with van der Waals surface area (Å²) >= 11 is 5.99. The average Bonchev–Trinajstić information content (AvgIpc) is 2.40. The number of hydrogen-bond donors (Lipinski definition) is 2. The fraction of sp³-hybridized carbons (Fsp3) is 0.235. The minimum absolute atomic E-state index is 0.156. The van der Waals surface area contributed by atoms with Crippen LogP contribution in [0.5, 0.6) is 0 Å². The van der Waals surface area contributed by atoms with Gasteiger partial charge in [-0.2, -0.15) is 0 Å². The Balaban J connectivity index is 2.62. The van der Waals surface area contributed by atoms with Crippen molar-refractivity contribution in [2.24, 2.45) is 5.73 Å². The second kappa shape index (κ2) is 6.64. The zero-order valence-electron chi connectivity index (χ0n) is 12.7. The van der Waals surface area contributed by atoms with Gasteiger partial charge in [0, 0.05) is 16.6 Å². The zero-order chi connectivity index (χ0) is 17.3. The van der Waals surface area contributed by atoms with Crippen molar-refractivity contribution in [2.45, 2.75) is 26.3 Å². The predicted octanol–water partition coefficient (Wildman–Crippen LogP) is 4.38. The lowest BCUT2D eigenvalue weighted by atomic mass is 9.92. The Morgan fingerprint density at radius 3 is 2.30 bits per heavy atom. The number of aryl methyl sites for hydroxylation is 2. The Kier molecular flexibility index (Phi) is 5.02.